The first kappa shape index (κ1) is 19.7. The highest BCUT2D eigenvalue weighted by Crippen LogP contribution is 2.31. The average molecular weight is 406 g/mol. The van der Waals surface area contributed by atoms with Crippen LogP contribution >= 0.6 is 0 Å². The molecule has 0 spiro atoms. The summed E-state index contributed by atoms with van der Waals surface area (Å²) in [6.07, 6.45) is 1.72. The summed E-state index contributed by atoms with van der Waals surface area (Å²) in [5.74, 6) is 3.08. The summed E-state index contributed by atoms with van der Waals surface area (Å²) >= 11 is 0. The zero-order valence-electron chi connectivity index (χ0n) is 16.9. The molecule has 0 bridgehead atoms. The number of hydrogen-bond acceptors (Lipinski definition) is 9. The van der Waals surface area contributed by atoms with Crippen LogP contribution in [0.4, 0.5) is 5.82 Å². The maximum absolute atomic E-state index is 9.28. The van der Waals surface area contributed by atoms with Crippen LogP contribution in [-0.4, -0.2) is 60.4 Å². The van der Waals surface area contributed by atoms with E-state index in [0.717, 1.165) is 37.6 Å². The summed E-state index contributed by atoms with van der Waals surface area (Å²) in [5, 5.41) is 13.4. The Morgan fingerprint density at radius 3 is 2.63 bits per heavy atom. The van der Waals surface area contributed by atoms with Gasteiger partial charge in [0.1, 0.15) is 11.9 Å². The molecule has 0 N–H and O–H groups in total. The molecular weight excluding hydrogens is 384 g/mol. The number of nitriles is 1. The number of rotatable bonds is 6. The molecule has 0 radical (unpaired) electrons. The number of nitrogens with zero attached hydrogens (tertiary/aromatic N) is 6. The Balaban J connectivity index is 1.39. The first-order chi connectivity index (χ1) is 14.7. The second-order valence-corrected chi connectivity index (χ2v) is 6.83. The summed E-state index contributed by atoms with van der Waals surface area (Å²) in [5.41, 5.74) is 1.40. The lowest BCUT2D eigenvalue weighted by molar-refractivity contribution is 0.215. The molecule has 30 heavy (non-hydrogen) atoms. The molecule has 0 saturated carbocycles. The summed E-state index contributed by atoms with van der Waals surface area (Å²) in [4.78, 5) is 13.3. The fourth-order valence-electron chi connectivity index (χ4n) is 3.46. The number of hydrogen-bond donors (Lipinski definition) is 0. The van der Waals surface area contributed by atoms with Crippen LogP contribution < -0.4 is 14.4 Å². The van der Waals surface area contributed by atoms with E-state index in [4.69, 9.17) is 14.0 Å². The molecule has 0 amide bonds. The molecule has 1 aliphatic heterocycles. The van der Waals surface area contributed by atoms with Gasteiger partial charge in [-0.1, -0.05) is 5.16 Å². The molecule has 3 aromatic rings. The Morgan fingerprint density at radius 1 is 1.10 bits per heavy atom. The number of benzene rings is 1. The second kappa shape index (κ2) is 8.80. The minimum atomic E-state index is 0.511. The molecule has 0 aliphatic carbocycles. The number of piperazine rings is 1. The lowest BCUT2D eigenvalue weighted by Gasteiger charge is -2.34. The molecule has 0 atom stereocenters. The molecule has 9 heteroatoms. The molecule has 1 fully saturated rings. The highest BCUT2D eigenvalue weighted by molar-refractivity contribution is 5.60. The molecular formula is C21H22N6O3. The van der Waals surface area contributed by atoms with Crippen LogP contribution in [0.1, 0.15) is 11.5 Å². The molecule has 9 nitrogen and oxygen atoms in total. The van der Waals surface area contributed by atoms with E-state index in [-0.39, 0.29) is 0 Å². The van der Waals surface area contributed by atoms with Crippen molar-refractivity contribution in [1.29, 1.82) is 5.26 Å². The van der Waals surface area contributed by atoms with Crippen molar-refractivity contribution < 1.29 is 14.0 Å². The number of anilines is 1. The fourth-order valence-corrected chi connectivity index (χ4v) is 3.46. The maximum atomic E-state index is 9.28. The summed E-state index contributed by atoms with van der Waals surface area (Å²) < 4.78 is 16.1. The van der Waals surface area contributed by atoms with Gasteiger partial charge in [0.05, 0.1) is 26.3 Å². The van der Waals surface area contributed by atoms with Gasteiger partial charge in [0.25, 0.3) is 0 Å². The zero-order chi connectivity index (χ0) is 20.9. The van der Waals surface area contributed by atoms with E-state index in [9.17, 15) is 5.26 Å². The van der Waals surface area contributed by atoms with Crippen molar-refractivity contribution in [2.75, 3.05) is 45.3 Å². The SMILES string of the molecule is COc1ccc(-c2noc(CN3CCN(c4ncccc4C#N)CC3)n2)cc1OC. The number of methoxy groups -OCH3 is 2. The van der Waals surface area contributed by atoms with E-state index in [1.54, 1.807) is 32.5 Å². The maximum Gasteiger partial charge on any atom is 0.241 e. The Labute approximate surface area is 174 Å². The van der Waals surface area contributed by atoms with Crippen LogP contribution in [0.5, 0.6) is 11.5 Å². The Kier molecular flexibility index (Phi) is 5.77. The van der Waals surface area contributed by atoms with Crippen LogP contribution in [0.3, 0.4) is 0 Å². The van der Waals surface area contributed by atoms with Crippen LogP contribution in [0, 0.1) is 11.3 Å². The molecule has 2 aromatic heterocycles. The molecule has 1 saturated heterocycles. The molecule has 0 unspecified atom stereocenters. The van der Waals surface area contributed by atoms with Gasteiger partial charge in [0.2, 0.25) is 11.7 Å². The lowest BCUT2D eigenvalue weighted by Crippen LogP contribution is -2.46. The minimum Gasteiger partial charge on any atom is -0.493 e. The van der Waals surface area contributed by atoms with E-state index in [1.165, 1.54) is 0 Å². The lowest BCUT2D eigenvalue weighted by atomic mass is 10.2. The van der Waals surface area contributed by atoms with Gasteiger partial charge in [-0.2, -0.15) is 10.2 Å². The largest absolute Gasteiger partial charge is 0.493 e. The van der Waals surface area contributed by atoms with E-state index in [0.29, 0.717) is 35.3 Å². The molecule has 1 aromatic carbocycles. The van der Waals surface area contributed by atoms with Gasteiger partial charge in [0.15, 0.2) is 11.5 Å². The van der Waals surface area contributed by atoms with Crippen molar-refractivity contribution >= 4 is 5.82 Å². The van der Waals surface area contributed by atoms with Crippen LogP contribution in [0.15, 0.2) is 41.1 Å². The highest BCUT2D eigenvalue weighted by atomic mass is 16.5. The van der Waals surface area contributed by atoms with Crippen LogP contribution in [-0.2, 0) is 6.54 Å². The van der Waals surface area contributed by atoms with E-state index >= 15 is 0 Å². The Bertz CT molecular complexity index is 1050. The van der Waals surface area contributed by atoms with E-state index in [1.807, 2.05) is 18.2 Å². The van der Waals surface area contributed by atoms with E-state index in [2.05, 4.69) is 31.0 Å². The van der Waals surface area contributed by atoms with Gasteiger partial charge < -0.3 is 18.9 Å². The summed E-state index contributed by atoms with van der Waals surface area (Å²) in [6.45, 7) is 3.76. The van der Waals surface area contributed by atoms with Crippen LogP contribution in [0.25, 0.3) is 11.4 Å². The van der Waals surface area contributed by atoms with Gasteiger partial charge >= 0.3 is 0 Å². The first-order valence-corrected chi connectivity index (χ1v) is 9.59. The van der Waals surface area contributed by atoms with Gasteiger partial charge in [-0.3, -0.25) is 4.90 Å². The summed E-state index contributed by atoms with van der Waals surface area (Å²) in [7, 11) is 3.19. The molecule has 154 valence electrons. The van der Waals surface area contributed by atoms with Crippen molar-refractivity contribution in [3.8, 4) is 29.0 Å². The van der Waals surface area contributed by atoms with Gasteiger partial charge in [-0.25, -0.2) is 4.98 Å². The Morgan fingerprint density at radius 2 is 1.90 bits per heavy atom. The van der Waals surface area contributed by atoms with Crippen molar-refractivity contribution in [2.24, 2.45) is 0 Å². The predicted molar refractivity (Wildman–Crippen MR) is 109 cm³/mol. The van der Waals surface area contributed by atoms with Gasteiger partial charge in [-0.05, 0) is 30.3 Å². The first-order valence-electron chi connectivity index (χ1n) is 9.59. The summed E-state index contributed by atoms with van der Waals surface area (Å²) in [6, 6.07) is 11.3. The van der Waals surface area contributed by atoms with Crippen molar-refractivity contribution in [3.05, 3.63) is 48.0 Å². The Hall–Kier alpha value is -3.64. The molecule has 1 aliphatic rings. The second-order valence-electron chi connectivity index (χ2n) is 6.83. The zero-order valence-corrected chi connectivity index (χ0v) is 16.9. The van der Waals surface area contributed by atoms with Gasteiger partial charge in [0, 0.05) is 37.9 Å². The van der Waals surface area contributed by atoms with Crippen LogP contribution in [0.2, 0.25) is 0 Å². The smallest absolute Gasteiger partial charge is 0.241 e. The topological polar surface area (TPSA) is 101 Å². The average Bonchev–Trinajstić information content (AvgIpc) is 3.27. The number of aromatic nitrogens is 3. The highest BCUT2D eigenvalue weighted by Gasteiger charge is 2.22. The predicted octanol–water partition coefficient (Wildman–Crippen LogP) is 2.34. The number of ether oxygens (including phenoxy) is 2. The normalized spacial score (nSPS) is 14.4. The van der Waals surface area contributed by atoms with Crippen molar-refractivity contribution in [2.45, 2.75) is 6.54 Å². The minimum absolute atomic E-state index is 0.511. The monoisotopic (exact) mass is 406 g/mol. The third-order valence-corrected chi connectivity index (χ3v) is 5.05. The third kappa shape index (κ3) is 4.04. The van der Waals surface area contributed by atoms with Crippen molar-refractivity contribution in [1.82, 2.24) is 20.0 Å². The standard InChI is InChI=1S/C21H22N6O3/c1-28-17-6-5-15(12-18(17)29-2)20-24-19(30-25-20)14-26-8-10-27(11-9-26)21-16(13-22)4-3-7-23-21/h3-7,12H,8-11,14H2,1-2H3. The fraction of sp³-hybridized carbons (Fsp3) is 0.333. The quantitative estimate of drug-likeness (QED) is 0.610. The molecule has 3 heterocycles. The third-order valence-electron chi connectivity index (χ3n) is 5.05. The van der Waals surface area contributed by atoms with Crippen molar-refractivity contribution in [3.63, 3.8) is 0 Å². The number of pyridine rings is 1. The van der Waals surface area contributed by atoms with Gasteiger partial charge in [-0.15, -0.1) is 0 Å². The molecule has 4 rings (SSSR count). The van der Waals surface area contributed by atoms with E-state index < -0.39 is 0 Å².